The number of esters is 2. The second-order valence-corrected chi connectivity index (χ2v) is 9.04. The molecule has 0 aromatic carbocycles. The Balaban J connectivity index is 1.35. The largest absolute Gasteiger partial charge is 0.459 e. The Morgan fingerprint density at radius 1 is 1.12 bits per heavy atom. The van der Waals surface area contributed by atoms with Crippen molar-refractivity contribution in [3.8, 4) is 0 Å². The molecule has 5 aliphatic rings. The maximum Gasteiger partial charge on any atom is 0.310 e. The Morgan fingerprint density at radius 2 is 1.92 bits per heavy atom. The summed E-state index contributed by atoms with van der Waals surface area (Å²) in [6.07, 6.45) is 5.39. The van der Waals surface area contributed by atoms with Crippen molar-refractivity contribution in [2.24, 2.45) is 29.6 Å². The van der Waals surface area contributed by atoms with E-state index in [0.717, 1.165) is 12.8 Å². The van der Waals surface area contributed by atoms with Crippen molar-refractivity contribution in [1.82, 2.24) is 0 Å². The van der Waals surface area contributed by atoms with Crippen LogP contribution in [-0.4, -0.2) is 48.6 Å². The molecule has 9 atom stereocenters. The predicted octanol–water partition coefficient (Wildman–Crippen LogP) is 1.86. The van der Waals surface area contributed by atoms with Crippen LogP contribution in [0.2, 0.25) is 0 Å². The third-order valence-corrected chi connectivity index (χ3v) is 7.05. The molecular formula is C20H26O6. The van der Waals surface area contributed by atoms with Gasteiger partial charge in [-0.15, -0.1) is 0 Å². The lowest BCUT2D eigenvalue weighted by atomic mass is 9.71. The number of fused-ring (bicyclic) bond motifs is 3. The summed E-state index contributed by atoms with van der Waals surface area (Å²) in [5.41, 5.74) is -0.686. The minimum Gasteiger partial charge on any atom is -0.459 e. The van der Waals surface area contributed by atoms with E-state index in [1.54, 1.807) is 0 Å². The first kappa shape index (κ1) is 16.8. The number of hydrogen-bond donors (Lipinski definition) is 0. The van der Waals surface area contributed by atoms with Crippen molar-refractivity contribution in [2.45, 2.75) is 63.6 Å². The van der Waals surface area contributed by atoms with Gasteiger partial charge in [-0.2, -0.15) is 0 Å². The lowest BCUT2D eigenvalue weighted by molar-refractivity contribution is -0.173. The molecule has 1 saturated carbocycles. The average molecular weight is 362 g/mol. The van der Waals surface area contributed by atoms with E-state index < -0.39 is 11.7 Å². The molecule has 0 spiro atoms. The Bertz CT molecular complexity index is 669. The monoisotopic (exact) mass is 362 g/mol. The van der Waals surface area contributed by atoms with Gasteiger partial charge in [0.25, 0.3) is 0 Å². The van der Waals surface area contributed by atoms with Crippen LogP contribution in [0.4, 0.5) is 0 Å². The van der Waals surface area contributed by atoms with Gasteiger partial charge in [0.1, 0.15) is 17.8 Å². The Kier molecular flexibility index (Phi) is 3.58. The molecule has 3 aliphatic heterocycles. The maximum absolute atomic E-state index is 12.8. The van der Waals surface area contributed by atoms with E-state index in [2.05, 4.69) is 12.2 Å². The lowest BCUT2D eigenvalue weighted by Gasteiger charge is -2.39. The Hall–Kier alpha value is -1.40. The van der Waals surface area contributed by atoms with E-state index >= 15 is 0 Å². The van der Waals surface area contributed by atoms with Gasteiger partial charge in [0.15, 0.2) is 6.10 Å². The van der Waals surface area contributed by atoms with Crippen molar-refractivity contribution in [3.05, 3.63) is 12.2 Å². The van der Waals surface area contributed by atoms with Crippen LogP contribution in [-0.2, 0) is 28.5 Å². The molecule has 0 aromatic heterocycles. The number of ether oxygens (including phenoxy) is 4. The predicted molar refractivity (Wildman–Crippen MR) is 90.0 cm³/mol. The zero-order chi connectivity index (χ0) is 18.2. The summed E-state index contributed by atoms with van der Waals surface area (Å²) < 4.78 is 23.7. The Morgan fingerprint density at radius 3 is 2.58 bits per heavy atom. The molecule has 3 saturated heterocycles. The van der Waals surface area contributed by atoms with Crippen LogP contribution in [0, 0.1) is 29.6 Å². The highest BCUT2D eigenvalue weighted by atomic mass is 16.6. The highest BCUT2D eigenvalue weighted by Crippen LogP contribution is 2.55. The molecule has 0 N–H and O–H groups in total. The van der Waals surface area contributed by atoms with Crippen LogP contribution in [0.15, 0.2) is 12.2 Å². The molecule has 2 aliphatic carbocycles. The van der Waals surface area contributed by atoms with Gasteiger partial charge in [0.2, 0.25) is 0 Å². The van der Waals surface area contributed by atoms with Gasteiger partial charge in [0, 0.05) is 18.8 Å². The number of hydrogen-bond acceptors (Lipinski definition) is 6. The standard InChI is InChI=1S/C20H26O6/c1-9(21)26-20(2,3)14-13-8-23-17-15(13)24-16(14)18(17)25-19(22)12-7-10-4-5-11(12)6-10/h4-5,10-18H,6-8H2,1-3H3. The van der Waals surface area contributed by atoms with Crippen LogP contribution in [0.25, 0.3) is 0 Å². The van der Waals surface area contributed by atoms with E-state index in [1.165, 1.54) is 6.92 Å². The second kappa shape index (κ2) is 5.55. The van der Waals surface area contributed by atoms with E-state index in [0.29, 0.717) is 18.4 Å². The molecule has 0 radical (unpaired) electrons. The molecule has 4 bridgehead atoms. The summed E-state index contributed by atoms with van der Waals surface area (Å²) in [6.45, 7) is 5.81. The van der Waals surface area contributed by atoms with Gasteiger partial charge in [-0.1, -0.05) is 12.2 Å². The quantitative estimate of drug-likeness (QED) is 0.562. The molecule has 4 fully saturated rings. The molecule has 0 amide bonds. The SMILES string of the molecule is CC(=O)OC(C)(C)C1C2COC3C2OC1C3OC(=O)C1CC2C=CC1C2. The summed E-state index contributed by atoms with van der Waals surface area (Å²) in [5, 5.41) is 0. The minimum atomic E-state index is -0.686. The normalized spacial score (nSPS) is 47.6. The van der Waals surface area contributed by atoms with Gasteiger partial charge < -0.3 is 18.9 Å². The smallest absolute Gasteiger partial charge is 0.310 e. The van der Waals surface area contributed by atoms with E-state index in [-0.39, 0.29) is 48.0 Å². The van der Waals surface area contributed by atoms with Crippen molar-refractivity contribution in [2.75, 3.05) is 6.61 Å². The van der Waals surface area contributed by atoms with Crippen molar-refractivity contribution in [1.29, 1.82) is 0 Å². The summed E-state index contributed by atoms with van der Waals surface area (Å²) in [7, 11) is 0. The summed E-state index contributed by atoms with van der Waals surface area (Å²) >= 11 is 0. The summed E-state index contributed by atoms with van der Waals surface area (Å²) in [5.74, 6) is 0.512. The molecule has 0 aromatic rings. The van der Waals surface area contributed by atoms with Crippen LogP contribution in [0.3, 0.4) is 0 Å². The summed E-state index contributed by atoms with van der Waals surface area (Å²) in [6, 6.07) is 0. The summed E-state index contributed by atoms with van der Waals surface area (Å²) in [4.78, 5) is 24.4. The third-order valence-electron chi connectivity index (χ3n) is 7.05. The van der Waals surface area contributed by atoms with E-state index in [4.69, 9.17) is 18.9 Å². The zero-order valence-electron chi connectivity index (χ0n) is 15.4. The van der Waals surface area contributed by atoms with Gasteiger partial charge in [0.05, 0.1) is 18.6 Å². The minimum absolute atomic E-state index is 0.0344. The molecule has 9 unspecified atom stereocenters. The maximum atomic E-state index is 12.8. The first-order chi connectivity index (χ1) is 12.3. The fourth-order valence-electron chi connectivity index (χ4n) is 6.16. The number of carbonyl (C=O) groups is 2. The number of rotatable bonds is 4. The van der Waals surface area contributed by atoms with E-state index in [9.17, 15) is 9.59 Å². The van der Waals surface area contributed by atoms with Gasteiger partial charge in [-0.25, -0.2) is 0 Å². The fraction of sp³-hybridized carbons (Fsp3) is 0.800. The molecule has 6 nitrogen and oxygen atoms in total. The number of carbonyl (C=O) groups excluding carboxylic acids is 2. The molecule has 26 heavy (non-hydrogen) atoms. The van der Waals surface area contributed by atoms with Crippen molar-refractivity contribution >= 4 is 11.9 Å². The van der Waals surface area contributed by atoms with Gasteiger partial charge in [-0.3, -0.25) is 9.59 Å². The molecular weight excluding hydrogens is 336 g/mol. The fourth-order valence-corrected chi connectivity index (χ4v) is 6.16. The first-order valence-corrected chi connectivity index (χ1v) is 9.70. The highest BCUT2D eigenvalue weighted by molar-refractivity contribution is 5.74. The first-order valence-electron chi connectivity index (χ1n) is 9.70. The van der Waals surface area contributed by atoms with Crippen LogP contribution in [0.5, 0.6) is 0 Å². The highest BCUT2D eigenvalue weighted by Gasteiger charge is 2.69. The molecule has 142 valence electrons. The van der Waals surface area contributed by atoms with Crippen LogP contribution in [0.1, 0.15) is 33.6 Å². The van der Waals surface area contributed by atoms with Crippen LogP contribution < -0.4 is 0 Å². The van der Waals surface area contributed by atoms with E-state index in [1.807, 2.05) is 13.8 Å². The van der Waals surface area contributed by atoms with Crippen LogP contribution >= 0.6 is 0 Å². The molecule has 3 heterocycles. The van der Waals surface area contributed by atoms with Crippen molar-refractivity contribution < 1.29 is 28.5 Å². The van der Waals surface area contributed by atoms with Gasteiger partial charge in [-0.05, 0) is 38.5 Å². The number of allylic oxidation sites excluding steroid dienone is 2. The second-order valence-electron chi connectivity index (χ2n) is 9.04. The Labute approximate surface area is 153 Å². The topological polar surface area (TPSA) is 71.1 Å². The zero-order valence-corrected chi connectivity index (χ0v) is 15.4. The molecule has 6 heteroatoms. The molecule has 5 rings (SSSR count). The lowest BCUT2D eigenvalue weighted by Crippen LogP contribution is -2.53. The van der Waals surface area contributed by atoms with Gasteiger partial charge >= 0.3 is 11.9 Å². The third kappa shape index (κ3) is 2.31. The van der Waals surface area contributed by atoms with Crippen molar-refractivity contribution in [3.63, 3.8) is 0 Å². The average Bonchev–Trinajstić information content (AvgIpc) is 3.31.